The summed E-state index contributed by atoms with van der Waals surface area (Å²) in [5.41, 5.74) is 6.87. The van der Waals surface area contributed by atoms with Crippen molar-refractivity contribution in [1.82, 2.24) is 10.2 Å². The predicted octanol–water partition coefficient (Wildman–Crippen LogP) is 4.46. The molecule has 0 spiro atoms. The van der Waals surface area contributed by atoms with Crippen LogP contribution in [0.25, 0.3) is 0 Å². The molecule has 0 aromatic heterocycles. The average molecular weight is 567 g/mol. The molecule has 2 atom stereocenters. The van der Waals surface area contributed by atoms with Gasteiger partial charge in [0.25, 0.3) is 5.91 Å². The number of alkyl carbamates (subject to hydrolysis) is 1. The summed E-state index contributed by atoms with van der Waals surface area (Å²) < 4.78 is 5.32. The minimum Gasteiger partial charge on any atom is -0.444 e. The molecule has 2 aromatic rings. The summed E-state index contributed by atoms with van der Waals surface area (Å²) in [7, 11) is 0. The van der Waals surface area contributed by atoms with Gasteiger partial charge in [0.2, 0.25) is 11.8 Å². The predicted molar refractivity (Wildman–Crippen MR) is 153 cm³/mol. The molecule has 1 fully saturated rings. The van der Waals surface area contributed by atoms with Gasteiger partial charge in [-0.05, 0) is 76.3 Å². The number of amides is 4. The van der Waals surface area contributed by atoms with Crippen LogP contribution in [0.5, 0.6) is 0 Å². The van der Waals surface area contributed by atoms with Gasteiger partial charge in [-0.3, -0.25) is 14.4 Å². The Bertz CT molecular complexity index is 1290. The second-order valence-corrected chi connectivity index (χ2v) is 11.2. The van der Waals surface area contributed by atoms with E-state index in [-0.39, 0.29) is 6.04 Å². The van der Waals surface area contributed by atoms with E-state index in [1.165, 1.54) is 4.90 Å². The van der Waals surface area contributed by atoms with Gasteiger partial charge in [0.05, 0.1) is 17.1 Å². The standard InChI is InChI=1S/C30H35ClN4O5/c1-6-19-13-15-20(16-14-19)26(27(37)34-25-18(2)9-7-12-22(25)31)35(21-10-8-11-21)28(38)23(17-24(32)36)33-29(39)40-30(3,4)5/h1,7,9,12-16,21,23,26H,8,10-11,17H2,2-5H3,(H2,32,36)(H,33,39)(H,34,37). The monoisotopic (exact) mass is 566 g/mol. The van der Waals surface area contributed by atoms with Crippen LogP contribution in [-0.2, 0) is 19.1 Å². The Kier molecular flexibility index (Phi) is 9.83. The number of terminal acetylenes is 1. The summed E-state index contributed by atoms with van der Waals surface area (Å²) in [5, 5.41) is 5.72. The fourth-order valence-corrected chi connectivity index (χ4v) is 4.66. The second kappa shape index (κ2) is 12.9. The SMILES string of the molecule is C#Cc1ccc(C(C(=O)Nc2c(C)cccc2Cl)N(C(=O)C(CC(N)=O)NC(=O)OC(C)(C)C)C2CCC2)cc1. The van der Waals surface area contributed by atoms with E-state index in [1.807, 2.05) is 0 Å². The molecule has 10 heteroatoms. The molecular weight excluding hydrogens is 532 g/mol. The highest BCUT2D eigenvalue weighted by Crippen LogP contribution is 2.35. The molecule has 3 rings (SSSR count). The summed E-state index contributed by atoms with van der Waals surface area (Å²) in [5.74, 6) is 0.599. The van der Waals surface area contributed by atoms with Crippen molar-refractivity contribution in [3.8, 4) is 12.3 Å². The number of nitrogens with zero attached hydrogens (tertiary/aromatic N) is 1. The maximum Gasteiger partial charge on any atom is 0.408 e. The molecule has 4 amide bonds. The quantitative estimate of drug-likeness (QED) is 0.386. The van der Waals surface area contributed by atoms with Crippen LogP contribution in [0, 0.1) is 19.3 Å². The van der Waals surface area contributed by atoms with Gasteiger partial charge in [-0.2, -0.15) is 0 Å². The van der Waals surface area contributed by atoms with Crippen LogP contribution in [0.4, 0.5) is 10.5 Å². The minimum atomic E-state index is -1.35. The largest absolute Gasteiger partial charge is 0.444 e. The molecule has 1 aliphatic rings. The van der Waals surface area contributed by atoms with E-state index < -0.39 is 47.9 Å². The van der Waals surface area contributed by atoms with Crippen LogP contribution >= 0.6 is 11.6 Å². The minimum absolute atomic E-state index is 0.321. The third kappa shape index (κ3) is 7.76. The molecule has 0 heterocycles. The Morgan fingerprint density at radius 2 is 1.80 bits per heavy atom. The number of aryl methyl sites for hydroxylation is 1. The number of anilines is 1. The first-order valence-electron chi connectivity index (χ1n) is 13.0. The van der Waals surface area contributed by atoms with E-state index in [4.69, 9.17) is 28.5 Å². The van der Waals surface area contributed by atoms with Crippen molar-refractivity contribution in [3.63, 3.8) is 0 Å². The molecular formula is C30H35ClN4O5. The van der Waals surface area contributed by atoms with Crippen LogP contribution < -0.4 is 16.4 Å². The van der Waals surface area contributed by atoms with E-state index in [1.54, 1.807) is 70.2 Å². The number of carbonyl (C=O) groups is 4. The lowest BCUT2D eigenvalue weighted by Crippen LogP contribution is -2.57. The van der Waals surface area contributed by atoms with Crippen molar-refractivity contribution in [2.75, 3.05) is 5.32 Å². The van der Waals surface area contributed by atoms with E-state index in [2.05, 4.69) is 16.6 Å². The van der Waals surface area contributed by atoms with Crippen LogP contribution in [0.15, 0.2) is 42.5 Å². The lowest BCUT2D eigenvalue weighted by atomic mass is 9.87. The molecule has 40 heavy (non-hydrogen) atoms. The van der Waals surface area contributed by atoms with Crippen LogP contribution in [0.1, 0.15) is 69.2 Å². The number of benzene rings is 2. The zero-order chi connectivity index (χ0) is 29.6. The number of nitrogens with two attached hydrogens (primary N) is 1. The average Bonchev–Trinajstić information content (AvgIpc) is 2.83. The fraction of sp³-hybridized carbons (Fsp3) is 0.400. The van der Waals surface area contributed by atoms with Crippen molar-refractivity contribution >= 4 is 41.1 Å². The van der Waals surface area contributed by atoms with Crippen LogP contribution in [0.3, 0.4) is 0 Å². The molecule has 0 radical (unpaired) electrons. The highest BCUT2D eigenvalue weighted by Gasteiger charge is 2.42. The van der Waals surface area contributed by atoms with Gasteiger partial charge in [0.15, 0.2) is 0 Å². The van der Waals surface area contributed by atoms with Crippen LogP contribution in [0.2, 0.25) is 5.02 Å². The number of halogens is 1. The van der Waals surface area contributed by atoms with Gasteiger partial charge < -0.3 is 26.0 Å². The Morgan fingerprint density at radius 1 is 1.15 bits per heavy atom. The van der Waals surface area contributed by atoms with Crippen molar-refractivity contribution in [3.05, 3.63) is 64.2 Å². The number of primary amides is 1. The molecule has 0 bridgehead atoms. The molecule has 0 saturated heterocycles. The van der Waals surface area contributed by atoms with Crippen molar-refractivity contribution in [1.29, 1.82) is 0 Å². The Morgan fingerprint density at radius 3 is 2.30 bits per heavy atom. The molecule has 2 aromatic carbocycles. The first kappa shape index (κ1) is 30.5. The van der Waals surface area contributed by atoms with Crippen LogP contribution in [-0.4, -0.2) is 46.4 Å². The van der Waals surface area contributed by atoms with Gasteiger partial charge in [0.1, 0.15) is 17.7 Å². The van der Waals surface area contributed by atoms with Crippen molar-refractivity contribution < 1.29 is 23.9 Å². The summed E-state index contributed by atoms with van der Waals surface area (Å²) >= 11 is 6.39. The molecule has 4 N–H and O–H groups in total. The van der Waals surface area contributed by atoms with Gasteiger partial charge >= 0.3 is 6.09 Å². The zero-order valence-corrected chi connectivity index (χ0v) is 23.9. The van der Waals surface area contributed by atoms with Crippen molar-refractivity contribution in [2.45, 2.75) is 77.1 Å². The summed E-state index contributed by atoms with van der Waals surface area (Å²) in [6.07, 6.45) is 6.30. The lowest BCUT2D eigenvalue weighted by Gasteiger charge is -2.43. The number of para-hydroxylation sites is 1. The number of hydrogen-bond acceptors (Lipinski definition) is 5. The maximum absolute atomic E-state index is 14.2. The Hall–Kier alpha value is -4.03. The lowest BCUT2D eigenvalue weighted by molar-refractivity contribution is -0.146. The first-order chi connectivity index (χ1) is 18.8. The van der Waals surface area contributed by atoms with Crippen molar-refractivity contribution in [2.24, 2.45) is 5.73 Å². The molecule has 212 valence electrons. The highest BCUT2D eigenvalue weighted by atomic mass is 35.5. The topological polar surface area (TPSA) is 131 Å². The van der Waals surface area contributed by atoms with Gasteiger partial charge in [-0.15, -0.1) is 6.42 Å². The number of nitrogens with one attached hydrogen (secondary N) is 2. The van der Waals surface area contributed by atoms with Gasteiger partial charge in [0, 0.05) is 11.6 Å². The highest BCUT2D eigenvalue weighted by molar-refractivity contribution is 6.34. The summed E-state index contributed by atoms with van der Waals surface area (Å²) in [4.78, 5) is 54.2. The Balaban J connectivity index is 2.07. The zero-order valence-electron chi connectivity index (χ0n) is 23.1. The first-order valence-corrected chi connectivity index (χ1v) is 13.4. The van der Waals surface area contributed by atoms with Gasteiger partial charge in [-0.1, -0.05) is 41.8 Å². The summed E-state index contributed by atoms with van der Waals surface area (Å²) in [6.45, 7) is 6.83. The number of hydrogen-bond donors (Lipinski definition) is 3. The fourth-order valence-electron chi connectivity index (χ4n) is 4.40. The maximum atomic E-state index is 14.2. The van der Waals surface area contributed by atoms with Gasteiger partial charge in [-0.25, -0.2) is 4.79 Å². The molecule has 1 saturated carbocycles. The molecule has 1 aliphatic carbocycles. The smallest absolute Gasteiger partial charge is 0.408 e. The van der Waals surface area contributed by atoms with E-state index in [0.717, 1.165) is 12.0 Å². The second-order valence-electron chi connectivity index (χ2n) is 10.8. The normalized spacial score (nSPS) is 14.6. The van der Waals surface area contributed by atoms with E-state index in [9.17, 15) is 19.2 Å². The molecule has 0 aliphatic heterocycles. The molecule has 2 unspecified atom stereocenters. The number of rotatable bonds is 9. The number of ether oxygens (including phenoxy) is 1. The molecule has 9 nitrogen and oxygen atoms in total. The summed E-state index contributed by atoms with van der Waals surface area (Å²) in [6, 6.07) is 9.16. The Labute approximate surface area is 239 Å². The van der Waals surface area contributed by atoms with E-state index in [0.29, 0.717) is 34.7 Å². The number of carbonyl (C=O) groups excluding carboxylic acids is 4. The third-order valence-electron chi connectivity index (χ3n) is 6.51. The third-order valence-corrected chi connectivity index (χ3v) is 6.82. The van der Waals surface area contributed by atoms with E-state index >= 15 is 0 Å².